The molecule has 0 amide bonds. The summed E-state index contributed by atoms with van der Waals surface area (Å²) in [5, 5.41) is 89.4. The van der Waals surface area contributed by atoms with Crippen LogP contribution < -0.4 is 16.4 Å². The molecule has 4 fully saturated rings. The van der Waals surface area contributed by atoms with E-state index in [4.69, 9.17) is 10.5 Å². The molecule has 1 spiro atoms. The molecule has 17 atom stereocenters. The van der Waals surface area contributed by atoms with Gasteiger partial charge in [-0.2, -0.15) is 0 Å². The van der Waals surface area contributed by atoms with Crippen molar-refractivity contribution >= 4 is 5.78 Å². The molecule has 1 unspecified atom stereocenters. The predicted molar refractivity (Wildman–Crippen MR) is 216 cm³/mol. The minimum atomic E-state index is -1.74. The highest BCUT2D eigenvalue weighted by Crippen LogP contribution is 2.73. The van der Waals surface area contributed by atoms with Crippen molar-refractivity contribution in [2.45, 2.75) is 153 Å². The molecule has 11 N–H and O–H groups in total. The summed E-state index contributed by atoms with van der Waals surface area (Å²) >= 11 is 0. The van der Waals surface area contributed by atoms with Gasteiger partial charge in [0.25, 0.3) is 0 Å². The van der Waals surface area contributed by atoms with Gasteiger partial charge >= 0.3 is 0 Å². The van der Waals surface area contributed by atoms with Crippen LogP contribution in [0.1, 0.15) is 105 Å². The lowest BCUT2D eigenvalue weighted by atomic mass is 9.40. The summed E-state index contributed by atoms with van der Waals surface area (Å²) in [5.41, 5.74) is 2.37. The zero-order valence-electron chi connectivity index (χ0n) is 34.5. The summed E-state index contributed by atoms with van der Waals surface area (Å²) in [6.07, 6.45) is 12.2. The Balaban J connectivity index is 1.35. The van der Waals surface area contributed by atoms with E-state index in [-0.39, 0.29) is 80.2 Å². The summed E-state index contributed by atoms with van der Waals surface area (Å²) in [4.78, 5) is 15.2. The van der Waals surface area contributed by atoms with Crippen molar-refractivity contribution < 1.29 is 45.3 Å². The number of fused-ring (bicyclic) bond motifs is 2. The van der Waals surface area contributed by atoms with E-state index in [1.807, 2.05) is 18.4 Å². The lowest BCUT2D eigenvalue weighted by Gasteiger charge is -2.65. The van der Waals surface area contributed by atoms with Gasteiger partial charge in [0.15, 0.2) is 5.78 Å². The minimum absolute atomic E-state index is 0.00615. The number of carbonyl (C=O) groups is 1. The van der Waals surface area contributed by atoms with Crippen LogP contribution in [-0.2, 0) is 9.53 Å². The molecule has 0 bridgehead atoms. The van der Waals surface area contributed by atoms with E-state index in [2.05, 4.69) is 36.6 Å². The Morgan fingerprint density at radius 1 is 1.11 bits per heavy atom. The highest BCUT2D eigenvalue weighted by Gasteiger charge is 2.74. The van der Waals surface area contributed by atoms with Gasteiger partial charge in [0.05, 0.1) is 54.1 Å². The number of rotatable bonds is 14. The highest BCUT2D eigenvalue weighted by atomic mass is 16.5. The lowest BCUT2D eigenvalue weighted by molar-refractivity contribution is -0.209. The zero-order valence-corrected chi connectivity index (χ0v) is 34.5. The van der Waals surface area contributed by atoms with Gasteiger partial charge in [-0.3, -0.25) is 4.79 Å². The quantitative estimate of drug-likeness (QED) is 0.0907. The summed E-state index contributed by atoms with van der Waals surface area (Å²) in [5.74, 6) is -2.29. The van der Waals surface area contributed by atoms with Gasteiger partial charge in [-0.15, -0.1) is 0 Å². The predicted octanol–water partition coefficient (Wildman–Crippen LogP) is 2.70. The molecule has 320 valence electrons. The smallest absolute Gasteiger partial charge is 0.182 e. The molecule has 2 aliphatic heterocycles. The minimum Gasteiger partial charge on any atom is -0.396 e. The van der Waals surface area contributed by atoms with Crippen molar-refractivity contribution in [2.75, 3.05) is 19.8 Å². The van der Waals surface area contributed by atoms with Crippen molar-refractivity contribution in [3.05, 3.63) is 47.3 Å². The maximum absolute atomic E-state index is 15.2. The molecule has 0 aromatic heterocycles. The van der Waals surface area contributed by atoms with Gasteiger partial charge in [-0.25, -0.2) is 0 Å². The van der Waals surface area contributed by atoms with Crippen LogP contribution in [-0.4, -0.2) is 109 Å². The zero-order chi connectivity index (χ0) is 41.1. The number of unbranched alkanes of at least 4 members (excludes halogenated alkanes) is 3. The number of dihydropyridines is 1. The van der Waals surface area contributed by atoms with Crippen LogP contribution in [0.5, 0.6) is 0 Å². The van der Waals surface area contributed by atoms with E-state index in [0.29, 0.717) is 31.4 Å². The fourth-order valence-electron chi connectivity index (χ4n) is 13.4. The standard InChI is InChI=1S/C45H71N3O9/c1-5-6-7-8-9-30-24-57-40(26(30)3)41(54)42(4,55)34-14-15-45(56)37-36-28(20-44(34,45)16-17-49)11-10-27(29-12-13-35(46)47-23-29)19-43(36)21-33(52)32(51)18-31(43)39(53)38(37)48-22-25(2)50/h10-13,23,25-28,30-36,40-41,47-52,54-56H,5-9,14-22,24,46H2,1-4H3/t25-,26-,27-,28+,30+,31-,32+,33-,34+,35?,36-,40+,41+,42+,43-,44+,45+/m0/s1. The lowest BCUT2D eigenvalue weighted by Crippen LogP contribution is -2.68. The maximum atomic E-state index is 15.2. The van der Waals surface area contributed by atoms with E-state index < -0.39 is 70.3 Å². The fourth-order valence-corrected chi connectivity index (χ4v) is 13.4. The summed E-state index contributed by atoms with van der Waals surface area (Å²) in [7, 11) is 0. The summed E-state index contributed by atoms with van der Waals surface area (Å²) in [6.45, 7) is 7.85. The van der Waals surface area contributed by atoms with Crippen LogP contribution in [0.2, 0.25) is 0 Å². The third-order valence-electron chi connectivity index (χ3n) is 16.2. The summed E-state index contributed by atoms with van der Waals surface area (Å²) in [6, 6.07) is 0. The normalized spacial score (nSPS) is 44.6. The van der Waals surface area contributed by atoms with Crippen molar-refractivity contribution in [3.8, 4) is 0 Å². The van der Waals surface area contributed by atoms with E-state index >= 15 is 4.79 Å². The summed E-state index contributed by atoms with van der Waals surface area (Å²) < 4.78 is 6.31. The Kier molecular flexibility index (Phi) is 12.4. The van der Waals surface area contributed by atoms with E-state index in [1.165, 1.54) is 6.42 Å². The average molecular weight is 798 g/mol. The van der Waals surface area contributed by atoms with Crippen LogP contribution in [0.4, 0.5) is 0 Å². The average Bonchev–Trinajstić information content (AvgIpc) is 3.63. The maximum Gasteiger partial charge on any atom is 0.182 e. The molecular formula is C45H71N3O9. The number of hydrogen-bond donors (Lipinski definition) is 10. The SMILES string of the molecule is CCCCCC[C@@H]1CO[C@@H]([C@@H](O)[C@](C)(O)[C@H]2CC[C@@]3(O)C4=C(NC[C@H](C)O)C(=O)[C@@H]5C[C@@H](O)[C@@H](O)C[C@@]56C[C@@H](C5=CNC(N)C=C5)C=C[C@H](C[C@]23CCO)[C@@H]46)[C@H]1C. The number of ether oxygens (including phenoxy) is 1. The van der Waals surface area contributed by atoms with Crippen LogP contribution in [0.3, 0.4) is 0 Å². The monoisotopic (exact) mass is 798 g/mol. The first kappa shape index (κ1) is 43.0. The first-order valence-corrected chi connectivity index (χ1v) is 22.1. The van der Waals surface area contributed by atoms with E-state index in [0.717, 1.165) is 31.3 Å². The Morgan fingerprint density at radius 3 is 2.56 bits per heavy atom. The third-order valence-corrected chi connectivity index (χ3v) is 16.2. The molecule has 0 aromatic carbocycles. The van der Waals surface area contributed by atoms with Crippen molar-refractivity contribution in [2.24, 2.45) is 58.0 Å². The molecule has 12 heteroatoms. The number of Topliss-reactive ketones (excluding diaryl/α,β-unsaturated/α-hetero) is 1. The molecule has 2 heterocycles. The molecule has 12 nitrogen and oxygen atoms in total. The van der Waals surface area contributed by atoms with E-state index in [9.17, 15) is 35.7 Å². The van der Waals surface area contributed by atoms with Crippen LogP contribution >= 0.6 is 0 Å². The molecule has 5 aliphatic carbocycles. The van der Waals surface area contributed by atoms with Crippen LogP contribution in [0, 0.1) is 52.3 Å². The van der Waals surface area contributed by atoms with Gasteiger partial charge in [-0.1, -0.05) is 57.8 Å². The number of hydrogen-bond acceptors (Lipinski definition) is 12. The van der Waals surface area contributed by atoms with Crippen molar-refractivity contribution in [1.29, 1.82) is 0 Å². The van der Waals surface area contributed by atoms with Gasteiger partial charge in [0.2, 0.25) is 0 Å². The fraction of sp³-hybridized carbons (Fsp3) is 0.800. The molecule has 7 rings (SSSR count). The molecule has 0 aromatic rings. The first-order chi connectivity index (χ1) is 27.1. The molecule has 1 saturated heterocycles. The van der Waals surface area contributed by atoms with Crippen molar-refractivity contribution in [1.82, 2.24) is 10.6 Å². The number of ketones is 1. The van der Waals surface area contributed by atoms with Gasteiger partial charge in [0, 0.05) is 36.6 Å². The number of nitrogens with one attached hydrogen (secondary N) is 2. The number of nitrogens with two attached hydrogens (primary N) is 1. The number of aliphatic hydroxyl groups is 7. The van der Waals surface area contributed by atoms with Crippen LogP contribution in [0.25, 0.3) is 0 Å². The van der Waals surface area contributed by atoms with Crippen molar-refractivity contribution in [3.63, 3.8) is 0 Å². The molecular weight excluding hydrogens is 727 g/mol. The number of allylic oxidation sites excluding steroid dienone is 5. The Bertz CT molecular complexity index is 1610. The molecule has 7 aliphatic rings. The van der Waals surface area contributed by atoms with E-state index in [1.54, 1.807) is 13.8 Å². The van der Waals surface area contributed by atoms with Gasteiger partial charge in [0.1, 0.15) is 6.10 Å². The van der Waals surface area contributed by atoms with Crippen LogP contribution in [0.15, 0.2) is 47.3 Å². The van der Waals surface area contributed by atoms with Gasteiger partial charge in [-0.05, 0) is 117 Å². The largest absolute Gasteiger partial charge is 0.396 e. The number of aliphatic hydroxyl groups excluding tert-OH is 5. The second-order valence-corrected chi connectivity index (χ2v) is 19.5. The number of carbonyl (C=O) groups excluding carboxylic acids is 1. The Labute approximate surface area is 338 Å². The second-order valence-electron chi connectivity index (χ2n) is 19.5. The Hall–Kier alpha value is -2.13. The highest BCUT2D eigenvalue weighted by molar-refractivity contribution is 6.00. The Morgan fingerprint density at radius 2 is 1.88 bits per heavy atom. The molecule has 3 saturated carbocycles. The van der Waals surface area contributed by atoms with Gasteiger partial charge < -0.3 is 56.8 Å². The second kappa shape index (κ2) is 16.4. The first-order valence-electron chi connectivity index (χ1n) is 22.1. The third kappa shape index (κ3) is 7.10. The topological polar surface area (TPSA) is 218 Å². The molecule has 0 radical (unpaired) electrons. The molecule has 57 heavy (non-hydrogen) atoms.